The molecule has 1 fully saturated rings. The Morgan fingerprint density at radius 1 is 1.22 bits per heavy atom. The summed E-state index contributed by atoms with van der Waals surface area (Å²) in [5.41, 5.74) is 1.01. The fourth-order valence-corrected chi connectivity index (χ4v) is 3.04. The molecular formula is C15H23NO2. The van der Waals surface area contributed by atoms with Gasteiger partial charge in [-0.2, -0.15) is 0 Å². The Labute approximate surface area is 109 Å². The molecule has 100 valence electrons. The number of benzene rings is 1. The van der Waals surface area contributed by atoms with Crippen LogP contribution in [0.3, 0.4) is 0 Å². The molecule has 3 nitrogen and oxygen atoms in total. The molecular weight excluding hydrogens is 226 g/mol. The standard InChI is InChI=1S/C15H23NO2/c1-3-12-5-6-13(10(12)2)16-9-11-4-7-14(17)15(18)8-11/h4,7-8,10,12-13,16-18H,3,5-6,9H2,1-2H3. The summed E-state index contributed by atoms with van der Waals surface area (Å²) < 4.78 is 0. The molecule has 1 saturated carbocycles. The summed E-state index contributed by atoms with van der Waals surface area (Å²) in [5.74, 6) is 1.47. The van der Waals surface area contributed by atoms with E-state index in [1.807, 2.05) is 6.07 Å². The Bertz CT molecular complexity index is 405. The first-order valence-corrected chi connectivity index (χ1v) is 6.86. The lowest BCUT2D eigenvalue weighted by Gasteiger charge is -2.21. The Balaban J connectivity index is 1.90. The third-order valence-corrected chi connectivity index (χ3v) is 4.36. The van der Waals surface area contributed by atoms with Gasteiger partial charge in [0.2, 0.25) is 0 Å². The number of phenols is 2. The first-order valence-electron chi connectivity index (χ1n) is 6.86. The molecule has 3 heteroatoms. The zero-order valence-electron chi connectivity index (χ0n) is 11.2. The molecule has 0 aliphatic heterocycles. The molecule has 0 aromatic heterocycles. The molecule has 0 saturated heterocycles. The third kappa shape index (κ3) is 2.78. The summed E-state index contributed by atoms with van der Waals surface area (Å²) in [6, 6.07) is 5.59. The molecule has 2 rings (SSSR count). The number of aromatic hydroxyl groups is 2. The minimum Gasteiger partial charge on any atom is -0.504 e. The minimum atomic E-state index is -0.0565. The van der Waals surface area contributed by atoms with E-state index in [1.165, 1.54) is 19.3 Å². The van der Waals surface area contributed by atoms with Gasteiger partial charge in [0.1, 0.15) is 0 Å². The van der Waals surface area contributed by atoms with Crippen molar-refractivity contribution in [1.82, 2.24) is 5.32 Å². The van der Waals surface area contributed by atoms with Gasteiger partial charge in [0.25, 0.3) is 0 Å². The van der Waals surface area contributed by atoms with Gasteiger partial charge in [-0.25, -0.2) is 0 Å². The molecule has 1 aromatic carbocycles. The molecule has 18 heavy (non-hydrogen) atoms. The normalized spacial score (nSPS) is 27.6. The van der Waals surface area contributed by atoms with Crippen molar-refractivity contribution in [1.29, 1.82) is 0 Å². The Kier molecular flexibility index (Phi) is 4.12. The predicted octanol–water partition coefficient (Wildman–Crippen LogP) is 3.01. The molecule has 3 atom stereocenters. The largest absolute Gasteiger partial charge is 0.504 e. The molecule has 0 heterocycles. The Morgan fingerprint density at radius 2 is 2.00 bits per heavy atom. The maximum absolute atomic E-state index is 9.45. The van der Waals surface area contributed by atoms with Crippen LogP contribution in [-0.4, -0.2) is 16.3 Å². The van der Waals surface area contributed by atoms with E-state index in [4.69, 9.17) is 0 Å². The first kappa shape index (κ1) is 13.2. The van der Waals surface area contributed by atoms with Crippen LogP contribution in [0.5, 0.6) is 11.5 Å². The molecule has 1 aliphatic carbocycles. The highest BCUT2D eigenvalue weighted by Gasteiger charge is 2.30. The summed E-state index contributed by atoms with van der Waals surface area (Å²) in [6.07, 6.45) is 3.82. The maximum Gasteiger partial charge on any atom is 0.157 e. The topological polar surface area (TPSA) is 52.5 Å². The molecule has 0 amide bonds. The van der Waals surface area contributed by atoms with E-state index < -0.39 is 0 Å². The SMILES string of the molecule is CCC1CCC(NCc2ccc(O)c(O)c2)C1C. The van der Waals surface area contributed by atoms with Crippen molar-refractivity contribution in [2.75, 3.05) is 0 Å². The minimum absolute atomic E-state index is 0.0415. The summed E-state index contributed by atoms with van der Waals surface area (Å²) in [7, 11) is 0. The quantitative estimate of drug-likeness (QED) is 0.719. The van der Waals surface area contributed by atoms with Gasteiger partial charge in [-0.05, 0) is 42.4 Å². The summed E-state index contributed by atoms with van der Waals surface area (Å²) in [4.78, 5) is 0. The van der Waals surface area contributed by atoms with Crippen molar-refractivity contribution in [2.24, 2.45) is 11.8 Å². The predicted molar refractivity (Wildman–Crippen MR) is 72.6 cm³/mol. The highest BCUT2D eigenvalue weighted by atomic mass is 16.3. The van der Waals surface area contributed by atoms with Gasteiger partial charge in [-0.3, -0.25) is 0 Å². The number of phenolic OH excluding ortho intramolecular Hbond substituents is 2. The Morgan fingerprint density at radius 3 is 2.61 bits per heavy atom. The molecule has 0 radical (unpaired) electrons. The lowest BCUT2D eigenvalue weighted by Crippen LogP contribution is -2.32. The fraction of sp³-hybridized carbons (Fsp3) is 0.600. The average molecular weight is 249 g/mol. The zero-order chi connectivity index (χ0) is 13.1. The van der Waals surface area contributed by atoms with E-state index >= 15 is 0 Å². The van der Waals surface area contributed by atoms with Crippen LogP contribution in [-0.2, 0) is 6.54 Å². The monoisotopic (exact) mass is 249 g/mol. The molecule has 3 unspecified atom stereocenters. The number of hydrogen-bond acceptors (Lipinski definition) is 3. The van der Waals surface area contributed by atoms with Crippen LogP contribution in [0.4, 0.5) is 0 Å². The van der Waals surface area contributed by atoms with Crippen molar-refractivity contribution in [2.45, 2.75) is 45.7 Å². The van der Waals surface area contributed by atoms with E-state index in [-0.39, 0.29) is 11.5 Å². The van der Waals surface area contributed by atoms with E-state index in [2.05, 4.69) is 19.2 Å². The molecule has 1 aromatic rings. The van der Waals surface area contributed by atoms with Crippen LogP contribution in [0, 0.1) is 11.8 Å². The highest BCUT2D eigenvalue weighted by Crippen LogP contribution is 2.34. The van der Waals surface area contributed by atoms with Gasteiger partial charge in [0.05, 0.1) is 0 Å². The van der Waals surface area contributed by atoms with E-state index in [1.54, 1.807) is 12.1 Å². The summed E-state index contributed by atoms with van der Waals surface area (Å²) >= 11 is 0. The number of nitrogens with one attached hydrogen (secondary N) is 1. The van der Waals surface area contributed by atoms with Gasteiger partial charge < -0.3 is 15.5 Å². The van der Waals surface area contributed by atoms with E-state index in [0.717, 1.165) is 23.9 Å². The van der Waals surface area contributed by atoms with Crippen LogP contribution in [0.1, 0.15) is 38.7 Å². The van der Waals surface area contributed by atoms with Crippen LogP contribution in [0.25, 0.3) is 0 Å². The van der Waals surface area contributed by atoms with Crippen molar-refractivity contribution >= 4 is 0 Å². The smallest absolute Gasteiger partial charge is 0.157 e. The third-order valence-electron chi connectivity index (χ3n) is 4.36. The van der Waals surface area contributed by atoms with Crippen molar-refractivity contribution in [3.63, 3.8) is 0 Å². The van der Waals surface area contributed by atoms with E-state index in [0.29, 0.717) is 6.04 Å². The van der Waals surface area contributed by atoms with Gasteiger partial charge in [0.15, 0.2) is 11.5 Å². The fourth-order valence-electron chi connectivity index (χ4n) is 3.04. The second-order valence-corrected chi connectivity index (χ2v) is 5.42. The molecule has 1 aliphatic rings. The van der Waals surface area contributed by atoms with Crippen molar-refractivity contribution in [3.8, 4) is 11.5 Å². The summed E-state index contributed by atoms with van der Waals surface area (Å²) in [6.45, 7) is 5.34. The second kappa shape index (κ2) is 5.61. The molecule has 0 spiro atoms. The van der Waals surface area contributed by atoms with Gasteiger partial charge in [0, 0.05) is 12.6 Å². The molecule has 0 bridgehead atoms. The highest BCUT2D eigenvalue weighted by molar-refractivity contribution is 5.40. The average Bonchev–Trinajstić information content (AvgIpc) is 2.72. The number of hydrogen-bond donors (Lipinski definition) is 3. The second-order valence-electron chi connectivity index (χ2n) is 5.42. The Hall–Kier alpha value is -1.22. The lowest BCUT2D eigenvalue weighted by atomic mass is 9.93. The van der Waals surface area contributed by atoms with Gasteiger partial charge in [-0.15, -0.1) is 0 Å². The van der Waals surface area contributed by atoms with Crippen LogP contribution in [0.15, 0.2) is 18.2 Å². The van der Waals surface area contributed by atoms with Gasteiger partial charge in [-0.1, -0.05) is 26.3 Å². The van der Waals surface area contributed by atoms with Crippen molar-refractivity contribution in [3.05, 3.63) is 23.8 Å². The zero-order valence-corrected chi connectivity index (χ0v) is 11.2. The van der Waals surface area contributed by atoms with Gasteiger partial charge >= 0.3 is 0 Å². The number of rotatable bonds is 4. The van der Waals surface area contributed by atoms with Crippen molar-refractivity contribution < 1.29 is 10.2 Å². The molecule has 3 N–H and O–H groups in total. The van der Waals surface area contributed by atoms with E-state index in [9.17, 15) is 10.2 Å². The first-order chi connectivity index (χ1) is 8.61. The summed E-state index contributed by atoms with van der Waals surface area (Å²) in [5, 5.41) is 22.3. The van der Waals surface area contributed by atoms with Crippen LogP contribution in [0.2, 0.25) is 0 Å². The maximum atomic E-state index is 9.45. The lowest BCUT2D eigenvalue weighted by molar-refractivity contribution is 0.344. The van der Waals surface area contributed by atoms with Crippen LogP contribution >= 0.6 is 0 Å². The van der Waals surface area contributed by atoms with Crippen LogP contribution < -0.4 is 5.32 Å².